The Balaban J connectivity index is 1.69. The molecule has 3 aromatic rings. The molecule has 0 atom stereocenters. The van der Waals surface area contributed by atoms with Gasteiger partial charge in [0.25, 0.3) is 10.0 Å². The summed E-state index contributed by atoms with van der Waals surface area (Å²) >= 11 is 0. The molecule has 28 heavy (non-hydrogen) atoms. The topological polar surface area (TPSA) is 76.7 Å². The summed E-state index contributed by atoms with van der Waals surface area (Å²) in [5.74, 6) is 1.39. The Labute approximate surface area is 165 Å². The molecule has 0 bridgehead atoms. The minimum Gasteiger partial charge on any atom is -0.497 e. The van der Waals surface area contributed by atoms with Crippen LogP contribution in [0.5, 0.6) is 11.5 Å². The van der Waals surface area contributed by atoms with Gasteiger partial charge in [-0.3, -0.25) is 4.72 Å². The fraction of sp³-hybridized carbons (Fsp3) is 0.143. The molecule has 0 saturated carbocycles. The number of benzene rings is 3. The molecule has 0 aliphatic heterocycles. The number of hydrogen-bond donors (Lipinski definition) is 2. The lowest BCUT2D eigenvalue weighted by atomic mass is 10.2. The maximum atomic E-state index is 12.5. The van der Waals surface area contributed by atoms with Crippen molar-refractivity contribution in [2.24, 2.45) is 0 Å². The summed E-state index contributed by atoms with van der Waals surface area (Å²) in [6, 6.07) is 20.9. The van der Waals surface area contributed by atoms with Crippen LogP contribution in [0.15, 0.2) is 77.7 Å². The molecule has 2 N–H and O–H groups in total. The molecule has 0 aliphatic carbocycles. The van der Waals surface area contributed by atoms with Crippen molar-refractivity contribution < 1.29 is 17.9 Å². The Kier molecular flexibility index (Phi) is 6.06. The molecule has 3 rings (SSSR count). The molecule has 0 saturated heterocycles. The smallest absolute Gasteiger partial charge is 0.261 e. The van der Waals surface area contributed by atoms with Crippen molar-refractivity contribution in [2.75, 3.05) is 23.8 Å². The van der Waals surface area contributed by atoms with Crippen LogP contribution in [-0.4, -0.2) is 22.1 Å². The minimum absolute atomic E-state index is 0.175. The van der Waals surface area contributed by atoms with Crippen molar-refractivity contribution >= 4 is 27.1 Å². The number of hydrogen-bond acceptors (Lipinski definition) is 5. The SMILES string of the molecule is CCOc1ccc(S(=O)(=O)Nc2ccc(Nc3cccc(OC)c3)cc2)cc1. The third kappa shape index (κ3) is 4.95. The summed E-state index contributed by atoms with van der Waals surface area (Å²) < 4.78 is 38.2. The van der Waals surface area contributed by atoms with Crippen molar-refractivity contribution in [3.05, 3.63) is 72.8 Å². The Hall–Kier alpha value is -3.19. The van der Waals surface area contributed by atoms with Crippen molar-refractivity contribution in [1.29, 1.82) is 0 Å². The van der Waals surface area contributed by atoms with Gasteiger partial charge in [-0.25, -0.2) is 8.42 Å². The molecule has 0 spiro atoms. The summed E-state index contributed by atoms with van der Waals surface area (Å²) in [5.41, 5.74) is 2.18. The molecule has 3 aromatic carbocycles. The molecule has 146 valence electrons. The second-order valence-electron chi connectivity index (χ2n) is 5.94. The van der Waals surface area contributed by atoms with Crippen LogP contribution in [0.4, 0.5) is 17.1 Å². The summed E-state index contributed by atoms with van der Waals surface area (Å²) in [5, 5.41) is 3.25. The van der Waals surface area contributed by atoms with Crippen molar-refractivity contribution in [2.45, 2.75) is 11.8 Å². The molecule has 0 aliphatic rings. The lowest BCUT2D eigenvalue weighted by molar-refractivity contribution is 0.340. The molecule has 0 heterocycles. The quantitative estimate of drug-likeness (QED) is 0.578. The molecular weight excluding hydrogens is 376 g/mol. The molecule has 0 unspecified atom stereocenters. The van der Waals surface area contributed by atoms with E-state index >= 15 is 0 Å². The monoisotopic (exact) mass is 398 g/mol. The second kappa shape index (κ2) is 8.67. The lowest BCUT2D eigenvalue weighted by Gasteiger charge is -2.11. The number of methoxy groups -OCH3 is 1. The molecule has 7 heteroatoms. The fourth-order valence-electron chi connectivity index (χ4n) is 2.58. The average molecular weight is 398 g/mol. The van der Waals surface area contributed by atoms with E-state index in [-0.39, 0.29) is 4.90 Å². The Morgan fingerprint density at radius 2 is 1.50 bits per heavy atom. The standard InChI is InChI=1S/C21H22N2O4S/c1-3-27-19-11-13-21(14-12-19)28(24,25)23-17-9-7-16(8-10-17)22-18-5-4-6-20(15-18)26-2/h4-15,22-23H,3H2,1-2H3. The fourth-order valence-corrected chi connectivity index (χ4v) is 3.64. The maximum Gasteiger partial charge on any atom is 0.261 e. The van der Waals surface area contributed by atoms with Crippen LogP contribution in [0.2, 0.25) is 0 Å². The molecule has 0 amide bonds. The van der Waals surface area contributed by atoms with Gasteiger partial charge in [0.2, 0.25) is 0 Å². The first-order chi connectivity index (χ1) is 13.5. The summed E-state index contributed by atoms with van der Waals surface area (Å²) in [7, 11) is -2.05. The van der Waals surface area contributed by atoms with E-state index in [9.17, 15) is 8.42 Å². The zero-order chi connectivity index (χ0) is 20.0. The van der Waals surface area contributed by atoms with Crippen LogP contribution in [0.1, 0.15) is 6.92 Å². The van der Waals surface area contributed by atoms with E-state index in [1.165, 1.54) is 12.1 Å². The lowest BCUT2D eigenvalue weighted by Crippen LogP contribution is -2.12. The molecule has 6 nitrogen and oxygen atoms in total. The average Bonchev–Trinajstić information content (AvgIpc) is 2.70. The van der Waals surface area contributed by atoms with Crippen LogP contribution in [0.25, 0.3) is 0 Å². The van der Waals surface area contributed by atoms with Crippen LogP contribution in [0, 0.1) is 0 Å². The number of rotatable bonds is 8. The Bertz CT molecular complexity index is 1020. The summed E-state index contributed by atoms with van der Waals surface area (Å²) in [4.78, 5) is 0.175. The number of anilines is 3. The minimum atomic E-state index is -3.67. The van der Waals surface area contributed by atoms with Crippen molar-refractivity contribution in [3.63, 3.8) is 0 Å². The highest BCUT2D eigenvalue weighted by atomic mass is 32.2. The zero-order valence-electron chi connectivity index (χ0n) is 15.7. The second-order valence-corrected chi connectivity index (χ2v) is 7.63. The highest BCUT2D eigenvalue weighted by Gasteiger charge is 2.14. The van der Waals surface area contributed by atoms with Crippen molar-refractivity contribution in [3.8, 4) is 11.5 Å². The van der Waals surface area contributed by atoms with E-state index in [2.05, 4.69) is 10.0 Å². The first-order valence-corrected chi connectivity index (χ1v) is 10.3. The van der Waals surface area contributed by atoms with Gasteiger partial charge in [-0.15, -0.1) is 0 Å². The Morgan fingerprint density at radius 1 is 0.821 bits per heavy atom. The third-order valence-electron chi connectivity index (χ3n) is 3.94. The van der Waals surface area contributed by atoms with Crippen LogP contribution >= 0.6 is 0 Å². The van der Waals surface area contributed by atoms with E-state index in [1.807, 2.05) is 31.2 Å². The molecule has 0 fully saturated rings. The predicted octanol–water partition coefficient (Wildman–Crippen LogP) is 4.64. The van der Waals surface area contributed by atoms with E-state index in [4.69, 9.17) is 9.47 Å². The van der Waals surface area contributed by atoms with E-state index < -0.39 is 10.0 Å². The van der Waals surface area contributed by atoms with Gasteiger partial charge >= 0.3 is 0 Å². The zero-order valence-corrected chi connectivity index (χ0v) is 16.5. The highest BCUT2D eigenvalue weighted by molar-refractivity contribution is 7.92. The van der Waals surface area contributed by atoms with Crippen LogP contribution < -0.4 is 19.5 Å². The molecule has 0 radical (unpaired) electrons. The first-order valence-electron chi connectivity index (χ1n) is 8.77. The summed E-state index contributed by atoms with van der Waals surface area (Å²) in [6.07, 6.45) is 0. The largest absolute Gasteiger partial charge is 0.497 e. The van der Waals surface area contributed by atoms with E-state index in [1.54, 1.807) is 43.5 Å². The maximum absolute atomic E-state index is 12.5. The van der Waals surface area contributed by atoms with Gasteiger partial charge in [-0.05, 0) is 67.6 Å². The first kappa shape index (κ1) is 19.6. The van der Waals surface area contributed by atoms with Gasteiger partial charge in [0.15, 0.2) is 0 Å². The van der Waals surface area contributed by atoms with Gasteiger partial charge in [-0.2, -0.15) is 0 Å². The van der Waals surface area contributed by atoms with Gasteiger partial charge in [0.1, 0.15) is 11.5 Å². The predicted molar refractivity (Wildman–Crippen MR) is 111 cm³/mol. The van der Waals surface area contributed by atoms with Crippen LogP contribution in [-0.2, 0) is 10.0 Å². The number of sulfonamides is 1. The summed E-state index contributed by atoms with van der Waals surface area (Å²) in [6.45, 7) is 2.40. The van der Waals surface area contributed by atoms with Gasteiger partial charge < -0.3 is 14.8 Å². The van der Waals surface area contributed by atoms with Gasteiger partial charge in [0, 0.05) is 23.1 Å². The molecular formula is C21H22N2O4S. The van der Waals surface area contributed by atoms with Gasteiger partial charge in [-0.1, -0.05) is 6.07 Å². The van der Waals surface area contributed by atoms with E-state index in [0.717, 1.165) is 17.1 Å². The molecule has 0 aromatic heterocycles. The highest BCUT2D eigenvalue weighted by Crippen LogP contribution is 2.24. The number of ether oxygens (including phenoxy) is 2. The van der Waals surface area contributed by atoms with E-state index in [0.29, 0.717) is 18.0 Å². The third-order valence-corrected chi connectivity index (χ3v) is 5.34. The van der Waals surface area contributed by atoms with Gasteiger partial charge in [0.05, 0.1) is 18.6 Å². The normalized spacial score (nSPS) is 10.9. The van der Waals surface area contributed by atoms with Crippen molar-refractivity contribution in [1.82, 2.24) is 0 Å². The van der Waals surface area contributed by atoms with Crippen LogP contribution in [0.3, 0.4) is 0 Å². The number of nitrogens with one attached hydrogen (secondary N) is 2. The Morgan fingerprint density at radius 3 is 2.14 bits per heavy atom.